The van der Waals surface area contributed by atoms with Crippen molar-refractivity contribution in [3.8, 4) is 0 Å². The zero-order chi connectivity index (χ0) is 23.0. The van der Waals surface area contributed by atoms with Crippen LogP contribution in [-0.2, 0) is 15.4 Å². The van der Waals surface area contributed by atoms with Crippen molar-refractivity contribution in [1.29, 1.82) is 0 Å². The third kappa shape index (κ3) is 5.33. The van der Waals surface area contributed by atoms with Gasteiger partial charge in [0.2, 0.25) is 0 Å². The van der Waals surface area contributed by atoms with E-state index in [1.165, 1.54) is 18.2 Å². The molecule has 3 rings (SSSR count). The number of rotatable bonds is 4. The topological polar surface area (TPSA) is 118 Å². The van der Waals surface area contributed by atoms with Crippen molar-refractivity contribution in [2.75, 3.05) is 23.7 Å². The van der Waals surface area contributed by atoms with Crippen LogP contribution >= 0.6 is 0 Å². The first-order chi connectivity index (χ1) is 14.4. The summed E-state index contributed by atoms with van der Waals surface area (Å²) in [6.45, 7) is 12.0. The first-order valence-corrected chi connectivity index (χ1v) is 11.9. The van der Waals surface area contributed by atoms with Crippen molar-refractivity contribution in [2.45, 2.75) is 51.5 Å². The molecular weight excluding hydrogens is 414 g/mol. The molecule has 0 aliphatic carbocycles. The van der Waals surface area contributed by atoms with Gasteiger partial charge in [0.1, 0.15) is 11.6 Å². The molecular formula is C22H35N5O3S. The van der Waals surface area contributed by atoms with Crippen LogP contribution < -0.4 is 15.4 Å². The van der Waals surface area contributed by atoms with E-state index < -0.39 is 15.9 Å². The predicted octanol–water partition coefficient (Wildman–Crippen LogP) is 3.45. The number of nitrogens with zero attached hydrogens (tertiary/aromatic N) is 3. The molecule has 9 heteroatoms. The number of sulfonamides is 1. The Kier molecular flexibility index (Phi) is 6.27. The van der Waals surface area contributed by atoms with Crippen LogP contribution in [-0.4, -0.2) is 37.4 Å². The number of aromatic nitrogens is 2. The molecule has 0 radical (unpaired) electrons. The summed E-state index contributed by atoms with van der Waals surface area (Å²) in [5.74, 6) is 0.723. The summed E-state index contributed by atoms with van der Waals surface area (Å²) in [7, 11) is -4.17. The van der Waals surface area contributed by atoms with Crippen LogP contribution in [0.4, 0.5) is 11.6 Å². The third-order valence-electron chi connectivity index (χ3n) is 5.30. The summed E-state index contributed by atoms with van der Waals surface area (Å²) >= 11 is 0. The van der Waals surface area contributed by atoms with E-state index in [0.29, 0.717) is 17.7 Å². The molecule has 1 fully saturated rings. The van der Waals surface area contributed by atoms with Gasteiger partial charge in [0.25, 0.3) is 15.9 Å². The summed E-state index contributed by atoms with van der Waals surface area (Å²) in [6.07, 6.45) is 1.10. The van der Waals surface area contributed by atoms with Crippen LogP contribution in [0.5, 0.6) is 0 Å². The fraction of sp³-hybridized carbons (Fsp3) is 0.500. The minimum atomic E-state index is -4.17. The molecule has 1 saturated heterocycles. The normalized spacial score (nSPS) is 19.8. The Bertz CT molecular complexity index is 1080. The highest BCUT2D eigenvalue weighted by atomic mass is 32.2. The minimum Gasteiger partial charge on any atom is -0.384 e. The van der Waals surface area contributed by atoms with Gasteiger partial charge in [-0.15, -0.1) is 0 Å². The van der Waals surface area contributed by atoms with E-state index in [1.54, 1.807) is 12.1 Å². The molecule has 0 spiro atoms. The number of anilines is 2. The first-order valence-electron chi connectivity index (χ1n) is 10.4. The van der Waals surface area contributed by atoms with E-state index in [9.17, 15) is 13.2 Å². The van der Waals surface area contributed by atoms with E-state index in [4.69, 9.17) is 10.7 Å². The quantitative estimate of drug-likeness (QED) is 0.734. The standard InChI is InChI=1S/C22H31N5O3S.2H2/c1-14-11-15(2)13-27(12-14)20-16(9-10-17(24-20)22(3,4)5)21(28)26-31(29,30)19-8-6-7-18(23)25-19;;/h6-10,14-15H,11-13H2,1-5H3,(H2,23,25)(H,26,28);2*1H. The Hall–Kier alpha value is -2.68. The van der Waals surface area contributed by atoms with Gasteiger partial charge in [0.15, 0.2) is 5.03 Å². The van der Waals surface area contributed by atoms with Crippen molar-refractivity contribution in [3.05, 3.63) is 41.6 Å². The van der Waals surface area contributed by atoms with E-state index in [0.717, 1.165) is 25.2 Å². The maximum Gasteiger partial charge on any atom is 0.281 e. The molecule has 0 bridgehead atoms. The summed E-state index contributed by atoms with van der Waals surface area (Å²) < 4.78 is 27.5. The van der Waals surface area contributed by atoms with Crippen LogP contribution in [0, 0.1) is 11.8 Å². The van der Waals surface area contributed by atoms with E-state index in [2.05, 4.69) is 49.2 Å². The lowest BCUT2D eigenvalue weighted by atomic mass is 9.90. The Morgan fingerprint density at radius 2 is 1.77 bits per heavy atom. The molecule has 172 valence electrons. The second kappa shape index (κ2) is 8.45. The van der Waals surface area contributed by atoms with Crippen LogP contribution in [0.15, 0.2) is 35.4 Å². The summed E-state index contributed by atoms with van der Waals surface area (Å²) in [6, 6.07) is 7.68. The maximum absolute atomic E-state index is 13.1. The van der Waals surface area contributed by atoms with Gasteiger partial charge in [-0.3, -0.25) is 4.79 Å². The van der Waals surface area contributed by atoms with E-state index in [-0.39, 0.29) is 24.7 Å². The number of carbonyl (C=O) groups is 1. The molecule has 1 amide bonds. The number of nitrogens with two attached hydrogens (primary N) is 1. The average Bonchev–Trinajstić information content (AvgIpc) is 2.65. The van der Waals surface area contributed by atoms with Gasteiger partial charge >= 0.3 is 0 Å². The molecule has 3 N–H and O–H groups in total. The van der Waals surface area contributed by atoms with Crippen LogP contribution in [0.3, 0.4) is 0 Å². The molecule has 2 aromatic heterocycles. The molecule has 2 aromatic rings. The zero-order valence-electron chi connectivity index (χ0n) is 18.7. The van der Waals surface area contributed by atoms with Gasteiger partial charge < -0.3 is 10.6 Å². The summed E-state index contributed by atoms with van der Waals surface area (Å²) in [5, 5.41) is -0.304. The summed E-state index contributed by atoms with van der Waals surface area (Å²) in [5.41, 5.74) is 6.45. The van der Waals surface area contributed by atoms with Crippen LogP contribution in [0.25, 0.3) is 0 Å². The third-order valence-corrected chi connectivity index (χ3v) is 6.54. The smallest absolute Gasteiger partial charge is 0.281 e. The van der Waals surface area contributed by atoms with E-state index >= 15 is 0 Å². The number of piperidine rings is 1. The average molecular weight is 450 g/mol. The number of amides is 1. The molecule has 2 atom stereocenters. The van der Waals surface area contributed by atoms with Gasteiger partial charge in [0, 0.05) is 27.1 Å². The Balaban J connectivity index is 0.00000272. The fourth-order valence-corrected chi connectivity index (χ4v) is 4.87. The second-order valence-electron chi connectivity index (χ2n) is 9.50. The van der Waals surface area contributed by atoms with Crippen LogP contribution in [0.2, 0.25) is 0 Å². The lowest BCUT2D eigenvalue weighted by molar-refractivity contribution is 0.0981. The van der Waals surface area contributed by atoms with Gasteiger partial charge in [-0.25, -0.2) is 14.7 Å². The highest BCUT2D eigenvalue weighted by molar-refractivity contribution is 7.90. The number of pyridine rings is 2. The van der Waals surface area contributed by atoms with Gasteiger partial charge in [-0.2, -0.15) is 8.42 Å². The lowest BCUT2D eigenvalue weighted by Crippen LogP contribution is -2.41. The van der Waals surface area contributed by atoms with Crippen molar-refractivity contribution in [1.82, 2.24) is 14.7 Å². The highest BCUT2D eigenvalue weighted by Gasteiger charge is 2.30. The lowest BCUT2D eigenvalue weighted by Gasteiger charge is -2.37. The van der Waals surface area contributed by atoms with Gasteiger partial charge in [-0.1, -0.05) is 40.7 Å². The van der Waals surface area contributed by atoms with E-state index in [1.807, 2.05) is 0 Å². The molecule has 0 saturated carbocycles. The van der Waals surface area contributed by atoms with Crippen LogP contribution in [0.1, 0.15) is 59.9 Å². The number of carbonyl (C=O) groups excluding carboxylic acids is 1. The predicted molar refractivity (Wildman–Crippen MR) is 126 cm³/mol. The maximum atomic E-state index is 13.1. The SMILES string of the molecule is CC1CC(C)CN(c2nc(C(C)(C)C)ccc2C(=O)NS(=O)(=O)c2cccc(N)n2)C1.[HH].[HH]. The number of nitrogens with one attached hydrogen (secondary N) is 1. The first kappa shape index (κ1) is 23.0. The monoisotopic (exact) mass is 449 g/mol. The fourth-order valence-electron chi connectivity index (χ4n) is 3.93. The number of hydrogen-bond acceptors (Lipinski definition) is 7. The largest absolute Gasteiger partial charge is 0.384 e. The van der Waals surface area contributed by atoms with Crippen molar-refractivity contribution < 1.29 is 16.1 Å². The highest BCUT2D eigenvalue weighted by Crippen LogP contribution is 2.30. The second-order valence-corrected chi connectivity index (χ2v) is 11.1. The van der Waals surface area contributed by atoms with Gasteiger partial charge in [0.05, 0.1) is 5.56 Å². The van der Waals surface area contributed by atoms with Gasteiger partial charge in [-0.05, 0) is 42.5 Å². The molecule has 8 nitrogen and oxygen atoms in total. The summed E-state index contributed by atoms with van der Waals surface area (Å²) in [4.78, 5) is 23.8. The number of nitrogen functional groups attached to an aromatic ring is 1. The molecule has 2 unspecified atom stereocenters. The molecule has 0 aromatic carbocycles. The van der Waals surface area contributed by atoms with Crippen molar-refractivity contribution >= 4 is 27.6 Å². The Labute approximate surface area is 187 Å². The Morgan fingerprint density at radius 3 is 2.35 bits per heavy atom. The zero-order valence-corrected chi connectivity index (χ0v) is 19.5. The molecule has 31 heavy (non-hydrogen) atoms. The van der Waals surface area contributed by atoms with Crippen molar-refractivity contribution in [3.63, 3.8) is 0 Å². The molecule has 3 heterocycles. The minimum absolute atomic E-state index is 0. The van der Waals surface area contributed by atoms with Crippen molar-refractivity contribution in [2.24, 2.45) is 11.8 Å². The molecule has 1 aliphatic rings. The number of hydrogen-bond donors (Lipinski definition) is 2. The molecule has 1 aliphatic heterocycles. The Morgan fingerprint density at radius 1 is 1.13 bits per heavy atom.